The molecule has 0 spiro atoms. The topological polar surface area (TPSA) is 7.12 Å². The fourth-order valence-electron chi connectivity index (χ4n) is 6.27. The SMILES string of the molecule is CCCCCCCCCCCCCCN(CCCCCCCCCCCCCC)c1ccc(/C=C/c2cc[n+](C)cc2)cc1. The zero-order chi connectivity index (χ0) is 31.3. The Morgan fingerprint density at radius 3 is 1.11 bits per heavy atom. The van der Waals surface area contributed by atoms with E-state index < -0.39 is 0 Å². The predicted octanol–water partition coefficient (Wildman–Crippen LogP) is 12.9. The summed E-state index contributed by atoms with van der Waals surface area (Å²) in [6.07, 6.45) is 42.6. The first-order valence-electron chi connectivity index (χ1n) is 19.2. The molecule has 2 rings (SSSR count). The highest BCUT2D eigenvalue weighted by Gasteiger charge is 2.07. The van der Waals surface area contributed by atoms with Crippen molar-refractivity contribution in [1.29, 1.82) is 0 Å². The van der Waals surface area contributed by atoms with Gasteiger partial charge in [0.1, 0.15) is 7.05 Å². The molecule has 0 unspecified atom stereocenters. The molecule has 1 aromatic carbocycles. The molecular formula is C42H71N2+. The Bertz CT molecular complexity index is 886. The van der Waals surface area contributed by atoms with Gasteiger partial charge in [0.15, 0.2) is 12.4 Å². The third-order valence-electron chi connectivity index (χ3n) is 9.29. The fourth-order valence-corrected chi connectivity index (χ4v) is 6.27. The van der Waals surface area contributed by atoms with Crippen LogP contribution in [0.5, 0.6) is 0 Å². The van der Waals surface area contributed by atoms with Gasteiger partial charge >= 0.3 is 0 Å². The molecular weight excluding hydrogens is 532 g/mol. The summed E-state index contributed by atoms with van der Waals surface area (Å²) >= 11 is 0. The maximum Gasteiger partial charge on any atom is 0.169 e. The van der Waals surface area contributed by atoms with Gasteiger partial charge in [-0.05, 0) is 36.1 Å². The molecule has 0 aliphatic rings. The Hall–Kier alpha value is -2.09. The summed E-state index contributed by atoms with van der Waals surface area (Å²) in [5, 5.41) is 0. The molecule has 2 aromatic rings. The highest BCUT2D eigenvalue weighted by Crippen LogP contribution is 2.20. The van der Waals surface area contributed by atoms with Gasteiger partial charge in [0.2, 0.25) is 0 Å². The molecule has 0 saturated heterocycles. The van der Waals surface area contributed by atoms with Crippen LogP contribution in [0.3, 0.4) is 0 Å². The average molecular weight is 604 g/mol. The molecule has 0 saturated carbocycles. The van der Waals surface area contributed by atoms with Crippen molar-refractivity contribution in [3.8, 4) is 0 Å². The van der Waals surface area contributed by atoms with E-state index in [1.54, 1.807) is 0 Å². The number of benzene rings is 1. The highest BCUT2D eigenvalue weighted by molar-refractivity contribution is 5.70. The second-order valence-corrected chi connectivity index (χ2v) is 13.5. The highest BCUT2D eigenvalue weighted by atomic mass is 15.1. The number of anilines is 1. The van der Waals surface area contributed by atoms with Gasteiger partial charge in [0.05, 0.1) is 0 Å². The van der Waals surface area contributed by atoms with Crippen LogP contribution in [0.25, 0.3) is 12.2 Å². The van der Waals surface area contributed by atoms with E-state index in [-0.39, 0.29) is 0 Å². The van der Waals surface area contributed by atoms with Gasteiger partial charge in [-0.1, -0.05) is 179 Å². The van der Waals surface area contributed by atoms with Gasteiger partial charge in [-0.3, -0.25) is 0 Å². The van der Waals surface area contributed by atoms with Crippen LogP contribution in [-0.2, 0) is 7.05 Å². The molecule has 1 heterocycles. The molecule has 44 heavy (non-hydrogen) atoms. The number of hydrogen-bond donors (Lipinski definition) is 0. The molecule has 0 amide bonds. The normalized spacial score (nSPS) is 11.5. The summed E-state index contributed by atoms with van der Waals surface area (Å²) in [6, 6.07) is 13.6. The van der Waals surface area contributed by atoms with Gasteiger partial charge in [-0.25, -0.2) is 4.57 Å². The summed E-state index contributed by atoms with van der Waals surface area (Å²) in [6.45, 7) is 7.01. The van der Waals surface area contributed by atoms with Crippen molar-refractivity contribution in [3.05, 3.63) is 59.9 Å². The van der Waals surface area contributed by atoms with E-state index >= 15 is 0 Å². The minimum atomic E-state index is 1.20. The number of unbranched alkanes of at least 4 members (excludes halogenated alkanes) is 22. The first-order chi connectivity index (χ1) is 21.7. The number of rotatable bonds is 29. The smallest absolute Gasteiger partial charge is 0.169 e. The molecule has 1 aromatic heterocycles. The second kappa shape index (κ2) is 27.2. The van der Waals surface area contributed by atoms with Gasteiger partial charge in [0, 0.05) is 30.9 Å². The van der Waals surface area contributed by atoms with Gasteiger partial charge in [-0.2, -0.15) is 0 Å². The first-order valence-corrected chi connectivity index (χ1v) is 19.2. The van der Waals surface area contributed by atoms with E-state index in [1.165, 1.54) is 184 Å². The lowest BCUT2D eigenvalue weighted by molar-refractivity contribution is -0.671. The Morgan fingerprint density at radius 2 is 0.750 bits per heavy atom. The van der Waals surface area contributed by atoms with E-state index in [2.05, 4.69) is 91.3 Å². The molecule has 0 aliphatic heterocycles. The lowest BCUT2D eigenvalue weighted by atomic mass is 10.0. The van der Waals surface area contributed by atoms with Crippen LogP contribution in [0.1, 0.15) is 179 Å². The lowest BCUT2D eigenvalue weighted by Crippen LogP contribution is -2.25. The molecule has 248 valence electrons. The summed E-state index contributed by atoms with van der Waals surface area (Å²) in [4.78, 5) is 2.68. The standard InChI is InChI=1S/C42H71N2/c1-4-6-8-10-12-14-16-18-20-22-24-26-36-44(37-27-25-23-21-19-17-15-13-11-9-7-5-2)42-32-30-40(31-33-42)28-29-41-34-38-43(3)39-35-41/h28-35,38-39H,4-27,36-37H2,1-3H3/q+1. The predicted molar refractivity (Wildman–Crippen MR) is 197 cm³/mol. The molecule has 0 radical (unpaired) electrons. The molecule has 0 aliphatic carbocycles. The Morgan fingerprint density at radius 1 is 0.432 bits per heavy atom. The second-order valence-electron chi connectivity index (χ2n) is 13.5. The first kappa shape index (κ1) is 38.1. The molecule has 2 nitrogen and oxygen atoms in total. The molecule has 0 fully saturated rings. The van der Waals surface area contributed by atoms with Crippen LogP contribution < -0.4 is 9.47 Å². The van der Waals surface area contributed by atoms with Crippen LogP contribution in [0.2, 0.25) is 0 Å². The van der Waals surface area contributed by atoms with E-state index in [0.717, 1.165) is 0 Å². The van der Waals surface area contributed by atoms with Gasteiger partial charge < -0.3 is 4.90 Å². The third-order valence-corrected chi connectivity index (χ3v) is 9.29. The number of hydrogen-bond acceptors (Lipinski definition) is 1. The third kappa shape index (κ3) is 20.0. The summed E-state index contributed by atoms with van der Waals surface area (Å²) in [5.74, 6) is 0. The largest absolute Gasteiger partial charge is 0.372 e. The van der Waals surface area contributed by atoms with Crippen molar-refractivity contribution in [3.63, 3.8) is 0 Å². The quantitative estimate of drug-likeness (QED) is 0.0662. The van der Waals surface area contributed by atoms with Gasteiger partial charge in [-0.15, -0.1) is 0 Å². The number of nitrogens with zero attached hydrogens (tertiary/aromatic N) is 2. The van der Waals surface area contributed by atoms with Crippen molar-refractivity contribution in [1.82, 2.24) is 0 Å². The maximum absolute atomic E-state index is 2.68. The Kier molecular flexibility index (Phi) is 23.6. The van der Waals surface area contributed by atoms with E-state index in [0.29, 0.717) is 0 Å². The minimum Gasteiger partial charge on any atom is -0.372 e. The van der Waals surface area contributed by atoms with Crippen molar-refractivity contribution >= 4 is 17.8 Å². The van der Waals surface area contributed by atoms with Crippen LogP contribution in [0.15, 0.2) is 48.8 Å². The van der Waals surface area contributed by atoms with Crippen LogP contribution >= 0.6 is 0 Å². The van der Waals surface area contributed by atoms with Crippen LogP contribution in [-0.4, -0.2) is 13.1 Å². The monoisotopic (exact) mass is 604 g/mol. The maximum atomic E-state index is 2.68. The lowest BCUT2D eigenvalue weighted by Gasteiger charge is -2.25. The summed E-state index contributed by atoms with van der Waals surface area (Å²) < 4.78 is 2.08. The van der Waals surface area contributed by atoms with E-state index in [9.17, 15) is 0 Å². The van der Waals surface area contributed by atoms with Gasteiger partial charge in [0.25, 0.3) is 0 Å². The molecule has 0 N–H and O–H groups in total. The van der Waals surface area contributed by atoms with Crippen molar-refractivity contribution in [2.45, 2.75) is 168 Å². The Balaban J connectivity index is 1.71. The fraction of sp³-hybridized carbons (Fsp3) is 0.690. The van der Waals surface area contributed by atoms with Crippen LogP contribution in [0, 0.1) is 0 Å². The van der Waals surface area contributed by atoms with E-state index in [1.807, 2.05) is 0 Å². The zero-order valence-corrected chi connectivity index (χ0v) is 29.6. The number of pyridine rings is 1. The number of aromatic nitrogens is 1. The Labute approximate surface area is 274 Å². The number of aryl methyl sites for hydroxylation is 1. The summed E-state index contributed by atoms with van der Waals surface area (Å²) in [5.41, 5.74) is 3.92. The van der Waals surface area contributed by atoms with E-state index in [4.69, 9.17) is 0 Å². The minimum absolute atomic E-state index is 1.20. The molecule has 2 heteroatoms. The van der Waals surface area contributed by atoms with Crippen molar-refractivity contribution in [2.75, 3.05) is 18.0 Å². The zero-order valence-electron chi connectivity index (χ0n) is 29.6. The average Bonchev–Trinajstić information content (AvgIpc) is 3.05. The molecule has 0 bridgehead atoms. The van der Waals surface area contributed by atoms with Crippen LogP contribution in [0.4, 0.5) is 5.69 Å². The molecule has 0 atom stereocenters. The van der Waals surface area contributed by atoms with Crippen molar-refractivity contribution < 1.29 is 4.57 Å². The summed E-state index contributed by atoms with van der Waals surface area (Å²) in [7, 11) is 2.06. The van der Waals surface area contributed by atoms with Crippen molar-refractivity contribution in [2.24, 2.45) is 7.05 Å².